The molecule has 0 fully saturated rings. The third-order valence-corrected chi connectivity index (χ3v) is 3.48. The molecule has 0 spiro atoms. The fraction of sp³-hybridized carbons (Fsp3) is 0.235. The topological polar surface area (TPSA) is 138 Å². The van der Waals surface area contributed by atoms with Gasteiger partial charge in [0.05, 0.1) is 18.1 Å². The standard InChI is InChI=1S/C17H16N2O8/c1-3-26-16(22)10-9-11(17(23)27-4-2)15(21)18(14(10)20)12-7-5-6-8-13(12)19(24)25/h5-9,20H,3-4H2,1-2H3. The van der Waals surface area contributed by atoms with Crippen LogP contribution in [0.1, 0.15) is 34.6 Å². The number of para-hydroxylation sites is 2. The number of hydrogen-bond donors (Lipinski definition) is 1. The lowest BCUT2D eigenvalue weighted by molar-refractivity contribution is -0.384. The normalized spacial score (nSPS) is 10.3. The highest BCUT2D eigenvalue weighted by molar-refractivity contribution is 5.97. The third kappa shape index (κ3) is 3.78. The lowest BCUT2D eigenvalue weighted by Crippen LogP contribution is -2.28. The molecule has 0 saturated heterocycles. The first-order valence-electron chi connectivity index (χ1n) is 7.90. The van der Waals surface area contributed by atoms with Crippen LogP contribution in [0.15, 0.2) is 35.1 Å². The zero-order valence-electron chi connectivity index (χ0n) is 14.5. The number of hydrogen-bond acceptors (Lipinski definition) is 8. The number of benzene rings is 1. The third-order valence-electron chi connectivity index (χ3n) is 3.48. The van der Waals surface area contributed by atoms with Crippen LogP contribution in [0, 0.1) is 10.1 Å². The Morgan fingerprint density at radius 3 is 2.22 bits per heavy atom. The number of ether oxygens (including phenoxy) is 2. The zero-order chi connectivity index (χ0) is 20.1. The second kappa shape index (κ2) is 8.13. The van der Waals surface area contributed by atoms with Crippen LogP contribution >= 0.6 is 0 Å². The zero-order valence-corrected chi connectivity index (χ0v) is 14.5. The molecule has 10 nitrogen and oxygen atoms in total. The van der Waals surface area contributed by atoms with Crippen LogP contribution < -0.4 is 5.56 Å². The molecule has 0 unspecified atom stereocenters. The minimum Gasteiger partial charge on any atom is -0.494 e. The molecular weight excluding hydrogens is 360 g/mol. The van der Waals surface area contributed by atoms with Crippen LogP contribution in [0.25, 0.3) is 5.69 Å². The Morgan fingerprint density at radius 1 is 1.11 bits per heavy atom. The van der Waals surface area contributed by atoms with Gasteiger partial charge in [-0.15, -0.1) is 0 Å². The van der Waals surface area contributed by atoms with Crippen LogP contribution in [-0.2, 0) is 9.47 Å². The van der Waals surface area contributed by atoms with Gasteiger partial charge in [0.1, 0.15) is 16.8 Å². The van der Waals surface area contributed by atoms with E-state index in [0.717, 1.165) is 12.1 Å². The van der Waals surface area contributed by atoms with Crippen LogP contribution in [-0.4, -0.2) is 39.7 Å². The van der Waals surface area contributed by atoms with Gasteiger partial charge in [0.15, 0.2) is 0 Å². The smallest absolute Gasteiger partial charge is 0.343 e. The molecule has 1 aromatic carbocycles. The SMILES string of the molecule is CCOC(=O)c1cc(C(=O)OCC)c(=O)n(-c2ccccc2[N+](=O)[O-])c1O. The average molecular weight is 376 g/mol. The summed E-state index contributed by atoms with van der Waals surface area (Å²) in [5.41, 5.74) is -2.98. The summed E-state index contributed by atoms with van der Waals surface area (Å²) in [4.78, 5) is 47.5. The van der Waals surface area contributed by atoms with Gasteiger partial charge in [-0.05, 0) is 26.0 Å². The van der Waals surface area contributed by atoms with Crippen LogP contribution in [0.4, 0.5) is 5.69 Å². The number of nitro benzene ring substituents is 1. The summed E-state index contributed by atoms with van der Waals surface area (Å²) in [6.07, 6.45) is 0. The maximum Gasteiger partial charge on any atom is 0.343 e. The van der Waals surface area contributed by atoms with Crippen molar-refractivity contribution in [1.82, 2.24) is 4.57 Å². The number of nitrogens with zero attached hydrogens (tertiary/aromatic N) is 2. The van der Waals surface area contributed by atoms with Gasteiger partial charge in [0.25, 0.3) is 11.2 Å². The highest BCUT2D eigenvalue weighted by atomic mass is 16.6. The molecule has 2 aromatic rings. The molecule has 1 aromatic heterocycles. The lowest BCUT2D eigenvalue weighted by Gasteiger charge is -2.14. The van der Waals surface area contributed by atoms with Gasteiger partial charge < -0.3 is 14.6 Å². The van der Waals surface area contributed by atoms with E-state index >= 15 is 0 Å². The van der Waals surface area contributed by atoms with Crippen molar-refractivity contribution in [1.29, 1.82) is 0 Å². The second-order valence-corrected chi connectivity index (χ2v) is 5.12. The summed E-state index contributed by atoms with van der Waals surface area (Å²) in [6, 6.07) is 5.92. The summed E-state index contributed by atoms with van der Waals surface area (Å²) in [5.74, 6) is -2.94. The Hall–Kier alpha value is -3.69. The largest absolute Gasteiger partial charge is 0.494 e. The Morgan fingerprint density at radius 2 is 1.67 bits per heavy atom. The molecule has 1 N–H and O–H groups in total. The van der Waals surface area contributed by atoms with Crippen molar-refractivity contribution in [2.45, 2.75) is 13.8 Å². The monoisotopic (exact) mass is 376 g/mol. The quantitative estimate of drug-likeness (QED) is 0.457. The number of carbonyl (C=O) groups excluding carboxylic acids is 2. The first-order valence-corrected chi connectivity index (χ1v) is 7.90. The molecular formula is C17H16N2O8. The number of carbonyl (C=O) groups is 2. The van der Waals surface area contributed by atoms with Crippen molar-refractivity contribution in [2.75, 3.05) is 13.2 Å². The predicted molar refractivity (Wildman–Crippen MR) is 92.3 cm³/mol. The van der Waals surface area contributed by atoms with Crippen LogP contribution in [0.5, 0.6) is 5.88 Å². The van der Waals surface area contributed by atoms with Gasteiger partial charge in [0, 0.05) is 6.07 Å². The van der Waals surface area contributed by atoms with Crippen LogP contribution in [0.2, 0.25) is 0 Å². The molecule has 0 bridgehead atoms. The van der Waals surface area contributed by atoms with Gasteiger partial charge in [-0.25, -0.2) is 14.2 Å². The molecule has 27 heavy (non-hydrogen) atoms. The minimum atomic E-state index is -1.08. The molecule has 0 aliphatic rings. The van der Waals surface area contributed by atoms with E-state index in [1.165, 1.54) is 32.0 Å². The molecule has 0 aliphatic heterocycles. The van der Waals surface area contributed by atoms with E-state index < -0.39 is 45.1 Å². The van der Waals surface area contributed by atoms with E-state index in [1.807, 2.05) is 0 Å². The van der Waals surface area contributed by atoms with Crippen molar-refractivity contribution in [3.8, 4) is 11.6 Å². The fourth-order valence-corrected chi connectivity index (χ4v) is 2.35. The Balaban J connectivity index is 2.88. The van der Waals surface area contributed by atoms with Gasteiger partial charge >= 0.3 is 11.9 Å². The van der Waals surface area contributed by atoms with E-state index in [2.05, 4.69) is 0 Å². The second-order valence-electron chi connectivity index (χ2n) is 5.12. The molecule has 0 radical (unpaired) electrons. The number of aromatic nitrogens is 1. The molecule has 0 saturated carbocycles. The summed E-state index contributed by atoms with van der Waals surface area (Å²) in [7, 11) is 0. The molecule has 0 aliphatic carbocycles. The average Bonchev–Trinajstić information content (AvgIpc) is 2.62. The molecule has 0 atom stereocenters. The van der Waals surface area contributed by atoms with Crippen molar-refractivity contribution < 1.29 is 29.1 Å². The Kier molecular flexibility index (Phi) is 5.91. The summed E-state index contributed by atoms with van der Waals surface area (Å²) >= 11 is 0. The molecule has 142 valence electrons. The number of nitro groups is 1. The number of aromatic hydroxyl groups is 1. The fourth-order valence-electron chi connectivity index (χ4n) is 2.35. The van der Waals surface area contributed by atoms with E-state index in [-0.39, 0.29) is 18.9 Å². The number of rotatable bonds is 6. The molecule has 0 amide bonds. The van der Waals surface area contributed by atoms with Gasteiger partial charge in [-0.3, -0.25) is 14.9 Å². The van der Waals surface area contributed by atoms with E-state index in [0.29, 0.717) is 4.57 Å². The first-order chi connectivity index (χ1) is 12.8. The maximum atomic E-state index is 12.7. The van der Waals surface area contributed by atoms with E-state index in [4.69, 9.17) is 9.47 Å². The van der Waals surface area contributed by atoms with Gasteiger partial charge in [-0.1, -0.05) is 12.1 Å². The first kappa shape index (κ1) is 19.6. The number of esters is 2. The number of pyridine rings is 1. The molecule has 2 rings (SSSR count). The lowest BCUT2D eigenvalue weighted by atomic mass is 10.1. The van der Waals surface area contributed by atoms with Crippen molar-refractivity contribution in [3.63, 3.8) is 0 Å². The van der Waals surface area contributed by atoms with Gasteiger partial charge in [-0.2, -0.15) is 0 Å². The van der Waals surface area contributed by atoms with E-state index in [1.54, 1.807) is 0 Å². The predicted octanol–water partition coefficient (Wildman–Crippen LogP) is 1.80. The minimum absolute atomic E-state index is 0.0301. The Labute approximate surface area is 152 Å². The van der Waals surface area contributed by atoms with Crippen molar-refractivity contribution in [3.05, 3.63) is 61.9 Å². The van der Waals surface area contributed by atoms with E-state index in [9.17, 15) is 29.6 Å². The summed E-state index contributed by atoms with van der Waals surface area (Å²) in [6.45, 7) is 2.97. The highest BCUT2D eigenvalue weighted by Crippen LogP contribution is 2.27. The summed E-state index contributed by atoms with van der Waals surface area (Å²) < 4.78 is 10.1. The molecule has 10 heteroatoms. The molecule has 1 heterocycles. The Bertz CT molecular complexity index is 964. The summed E-state index contributed by atoms with van der Waals surface area (Å²) in [5, 5.41) is 21.7. The maximum absolute atomic E-state index is 12.7. The van der Waals surface area contributed by atoms with Crippen molar-refractivity contribution in [2.24, 2.45) is 0 Å². The van der Waals surface area contributed by atoms with Crippen LogP contribution in [0.3, 0.4) is 0 Å². The highest BCUT2D eigenvalue weighted by Gasteiger charge is 2.28. The van der Waals surface area contributed by atoms with Gasteiger partial charge in [0.2, 0.25) is 5.88 Å². The van der Waals surface area contributed by atoms with Crippen molar-refractivity contribution >= 4 is 17.6 Å².